The molecule has 2 N–H and O–H groups in total. The van der Waals surface area contributed by atoms with Gasteiger partial charge in [-0.3, -0.25) is 10.1 Å². The van der Waals surface area contributed by atoms with Gasteiger partial charge in [0.15, 0.2) is 0 Å². The molecular formula is C14H23N5O2. The van der Waals surface area contributed by atoms with Crippen molar-refractivity contribution in [2.24, 2.45) is 0 Å². The topological polar surface area (TPSA) is 83.3 Å². The number of hydrogen-bond acceptors (Lipinski definition) is 6. The lowest BCUT2D eigenvalue weighted by atomic mass is 10.2. The maximum absolute atomic E-state index is 11.0. The van der Waals surface area contributed by atoms with Gasteiger partial charge in [0.25, 0.3) is 0 Å². The normalized spacial score (nSPS) is 15.4. The zero-order chi connectivity index (χ0) is 15.2. The number of aromatic nitrogens is 1. The molecule has 1 saturated carbocycles. The smallest absolute Gasteiger partial charge is 0.311 e. The van der Waals surface area contributed by atoms with E-state index in [1.165, 1.54) is 31.7 Å². The summed E-state index contributed by atoms with van der Waals surface area (Å²) in [4.78, 5) is 17.2. The molecule has 0 radical (unpaired) electrons. The van der Waals surface area contributed by atoms with E-state index < -0.39 is 4.92 Å². The second kappa shape index (κ2) is 7.21. The molecule has 21 heavy (non-hydrogen) atoms. The molecular weight excluding hydrogens is 270 g/mol. The highest BCUT2D eigenvalue weighted by molar-refractivity contribution is 5.60. The lowest BCUT2D eigenvalue weighted by Gasteiger charge is -2.24. The molecule has 1 fully saturated rings. The Balaban J connectivity index is 1.93. The van der Waals surface area contributed by atoms with Crippen molar-refractivity contribution in [3.05, 3.63) is 22.2 Å². The summed E-state index contributed by atoms with van der Waals surface area (Å²) in [6.07, 6.45) is 5.12. The Kier molecular flexibility index (Phi) is 5.32. The van der Waals surface area contributed by atoms with Crippen LogP contribution in [0.15, 0.2) is 12.1 Å². The van der Waals surface area contributed by atoms with Crippen LogP contribution < -0.4 is 10.6 Å². The minimum absolute atomic E-state index is 0.0116. The fraction of sp³-hybridized carbons (Fsp3) is 0.643. The largest absolute Gasteiger partial charge is 0.373 e. The van der Waals surface area contributed by atoms with E-state index in [0.29, 0.717) is 24.2 Å². The van der Waals surface area contributed by atoms with Crippen LogP contribution in [0.25, 0.3) is 0 Å². The number of pyridine rings is 1. The van der Waals surface area contributed by atoms with E-state index in [2.05, 4.69) is 27.6 Å². The Hall–Kier alpha value is -1.89. The highest BCUT2D eigenvalue weighted by Crippen LogP contribution is 2.24. The highest BCUT2D eigenvalue weighted by atomic mass is 16.6. The second-order valence-electron chi connectivity index (χ2n) is 5.42. The van der Waals surface area contributed by atoms with Gasteiger partial charge in [-0.15, -0.1) is 0 Å². The Morgan fingerprint density at radius 1 is 1.43 bits per heavy atom. The van der Waals surface area contributed by atoms with E-state index >= 15 is 0 Å². The number of anilines is 2. The number of hydrogen-bond donors (Lipinski definition) is 2. The van der Waals surface area contributed by atoms with Crippen molar-refractivity contribution in [3.8, 4) is 0 Å². The van der Waals surface area contributed by atoms with Crippen molar-refractivity contribution in [3.63, 3.8) is 0 Å². The van der Waals surface area contributed by atoms with Gasteiger partial charge in [0.2, 0.25) is 5.82 Å². The molecule has 2 rings (SSSR count). The van der Waals surface area contributed by atoms with Crippen LogP contribution in [0.4, 0.5) is 17.3 Å². The molecule has 0 amide bonds. The molecule has 1 heterocycles. The predicted molar refractivity (Wildman–Crippen MR) is 83.8 cm³/mol. The van der Waals surface area contributed by atoms with E-state index in [1.54, 1.807) is 13.1 Å². The minimum atomic E-state index is -0.407. The second-order valence-corrected chi connectivity index (χ2v) is 5.42. The summed E-state index contributed by atoms with van der Waals surface area (Å²) in [7, 11) is 3.86. The maximum atomic E-state index is 11.0. The standard InChI is InChI=1S/C14H23N5O2/c1-15-13-8-7-12(19(20)21)14(17-13)16-9-10-18(2)11-5-3-4-6-11/h7-8,11H,3-6,9-10H2,1-2H3,(H2,15,16,17). The first-order chi connectivity index (χ1) is 10.1. The molecule has 1 aromatic heterocycles. The van der Waals surface area contributed by atoms with Crippen molar-refractivity contribution in [2.75, 3.05) is 37.8 Å². The lowest BCUT2D eigenvalue weighted by molar-refractivity contribution is -0.384. The third-order valence-corrected chi connectivity index (χ3v) is 4.03. The predicted octanol–water partition coefficient (Wildman–Crippen LogP) is 2.32. The summed E-state index contributed by atoms with van der Waals surface area (Å²) in [6.45, 7) is 1.50. The van der Waals surface area contributed by atoms with Crippen LogP contribution in [-0.2, 0) is 0 Å². The zero-order valence-corrected chi connectivity index (χ0v) is 12.6. The zero-order valence-electron chi connectivity index (χ0n) is 12.6. The third-order valence-electron chi connectivity index (χ3n) is 4.03. The van der Waals surface area contributed by atoms with Gasteiger partial charge in [-0.25, -0.2) is 4.98 Å². The Morgan fingerprint density at radius 3 is 2.76 bits per heavy atom. The summed E-state index contributed by atoms with van der Waals surface area (Å²) in [5.41, 5.74) is 0.0116. The quantitative estimate of drug-likeness (QED) is 0.593. The monoisotopic (exact) mass is 293 g/mol. The first kappa shape index (κ1) is 15.5. The summed E-state index contributed by atoms with van der Waals surface area (Å²) < 4.78 is 0. The molecule has 7 nitrogen and oxygen atoms in total. The molecule has 116 valence electrons. The van der Waals surface area contributed by atoms with Gasteiger partial charge in [0.1, 0.15) is 5.82 Å². The molecule has 1 aliphatic rings. The van der Waals surface area contributed by atoms with Crippen LogP contribution in [0.3, 0.4) is 0 Å². The van der Waals surface area contributed by atoms with Crippen molar-refractivity contribution < 1.29 is 4.92 Å². The van der Waals surface area contributed by atoms with Crippen LogP contribution in [0.2, 0.25) is 0 Å². The van der Waals surface area contributed by atoms with Crippen LogP contribution in [0, 0.1) is 10.1 Å². The van der Waals surface area contributed by atoms with Gasteiger partial charge in [0.05, 0.1) is 4.92 Å². The number of nitrogens with zero attached hydrogens (tertiary/aromatic N) is 3. The summed E-state index contributed by atoms with van der Waals surface area (Å²) in [5, 5.41) is 17.0. The van der Waals surface area contributed by atoms with E-state index in [1.807, 2.05) is 0 Å². The van der Waals surface area contributed by atoms with Crippen molar-refractivity contribution in [1.29, 1.82) is 0 Å². The molecule has 1 aromatic rings. The van der Waals surface area contributed by atoms with E-state index in [-0.39, 0.29) is 5.69 Å². The highest BCUT2D eigenvalue weighted by Gasteiger charge is 2.20. The molecule has 7 heteroatoms. The SMILES string of the molecule is CNc1ccc([N+](=O)[O-])c(NCCN(C)C2CCCC2)n1. The molecule has 0 aliphatic heterocycles. The van der Waals surface area contributed by atoms with Gasteiger partial charge in [-0.2, -0.15) is 0 Å². The van der Waals surface area contributed by atoms with E-state index in [9.17, 15) is 10.1 Å². The summed E-state index contributed by atoms with van der Waals surface area (Å²) in [6, 6.07) is 3.73. The van der Waals surface area contributed by atoms with Gasteiger partial charge in [-0.1, -0.05) is 12.8 Å². The molecule has 0 bridgehead atoms. The van der Waals surface area contributed by atoms with E-state index in [0.717, 1.165) is 6.54 Å². The van der Waals surface area contributed by atoms with Crippen LogP contribution in [0.5, 0.6) is 0 Å². The average molecular weight is 293 g/mol. The maximum Gasteiger partial charge on any atom is 0.311 e. The summed E-state index contributed by atoms with van der Waals surface area (Å²) in [5.74, 6) is 0.943. The van der Waals surface area contributed by atoms with Crippen LogP contribution in [0.1, 0.15) is 25.7 Å². The lowest BCUT2D eigenvalue weighted by Crippen LogP contribution is -2.33. The molecule has 1 aliphatic carbocycles. The fourth-order valence-electron chi connectivity index (χ4n) is 2.75. The first-order valence-electron chi connectivity index (χ1n) is 7.39. The minimum Gasteiger partial charge on any atom is -0.373 e. The van der Waals surface area contributed by atoms with Gasteiger partial charge in [0, 0.05) is 32.2 Å². The number of likely N-dealkylation sites (N-methyl/N-ethyl adjacent to an activating group) is 1. The average Bonchev–Trinajstić information content (AvgIpc) is 3.01. The molecule has 0 saturated heterocycles. The van der Waals surface area contributed by atoms with Crippen LogP contribution in [-0.4, -0.2) is 48.0 Å². The Labute approximate surface area is 124 Å². The molecule has 0 unspecified atom stereocenters. The number of nitrogens with one attached hydrogen (secondary N) is 2. The van der Waals surface area contributed by atoms with Crippen molar-refractivity contribution >= 4 is 17.3 Å². The summed E-state index contributed by atoms with van der Waals surface area (Å²) >= 11 is 0. The number of rotatable bonds is 7. The molecule has 0 aromatic carbocycles. The van der Waals surface area contributed by atoms with Gasteiger partial charge >= 0.3 is 5.69 Å². The van der Waals surface area contributed by atoms with Crippen molar-refractivity contribution in [2.45, 2.75) is 31.7 Å². The Morgan fingerprint density at radius 2 is 2.14 bits per heavy atom. The first-order valence-corrected chi connectivity index (χ1v) is 7.39. The fourth-order valence-corrected chi connectivity index (χ4v) is 2.75. The molecule has 0 atom stereocenters. The third kappa shape index (κ3) is 4.04. The van der Waals surface area contributed by atoms with Gasteiger partial charge < -0.3 is 15.5 Å². The number of nitro groups is 1. The van der Waals surface area contributed by atoms with Crippen molar-refractivity contribution in [1.82, 2.24) is 9.88 Å². The van der Waals surface area contributed by atoms with Crippen LogP contribution >= 0.6 is 0 Å². The molecule has 0 spiro atoms. The Bertz CT molecular complexity index is 488. The van der Waals surface area contributed by atoms with E-state index in [4.69, 9.17) is 0 Å². The van der Waals surface area contributed by atoms with Gasteiger partial charge in [-0.05, 0) is 26.0 Å².